The van der Waals surface area contributed by atoms with E-state index in [1.807, 2.05) is 13.1 Å². The van der Waals surface area contributed by atoms with E-state index in [-0.39, 0.29) is 5.54 Å². The fourth-order valence-electron chi connectivity index (χ4n) is 4.68. The van der Waals surface area contributed by atoms with Gasteiger partial charge in [-0.25, -0.2) is 0 Å². The van der Waals surface area contributed by atoms with Gasteiger partial charge in [-0.1, -0.05) is 23.8 Å². The maximum absolute atomic E-state index is 6.47. The predicted octanol–water partition coefficient (Wildman–Crippen LogP) is 4.05. The molecule has 1 atom stereocenters. The summed E-state index contributed by atoms with van der Waals surface area (Å²) in [5.74, 6) is 1.42. The first-order chi connectivity index (χ1) is 13.5. The Morgan fingerprint density at radius 1 is 1.39 bits per heavy atom. The van der Waals surface area contributed by atoms with Crippen LogP contribution < -0.4 is 14.4 Å². The van der Waals surface area contributed by atoms with Crippen LogP contribution in [0.15, 0.2) is 22.7 Å². The number of anilines is 1. The maximum Gasteiger partial charge on any atom is 0.319 e. The number of likely N-dealkylation sites (N-methyl/N-ethyl adjacent to an activating group) is 1. The molecule has 1 aromatic heterocycles. The largest absolute Gasteiger partial charge is 0.489 e. The number of ether oxygens (including phenoxy) is 2. The average Bonchev–Trinajstić information content (AvgIpc) is 3.12. The molecule has 0 aliphatic carbocycles. The SMILES string of the molecule is C=C1CN2CCC[C@@]2(COc2nc3c4c(c(Cl)c(Br)cc4n2)OCCN3C)C1. The van der Waals surface area contributed by atoms with Crippen molar-refractivity contribution in [1.82, 2.24) is 14.9 Å². The zero-order chi connectivity index (χ0) is 19.5. The van der Waals surface area contributed by atoms with E-state index >= 15 is 0 Å². The highest BCUT2D eigenvalue weighted by Gasteiger charge is 2.46. The fraction of sp³-hybridized carbons (Fsp3) is 0.500. The van der Waals surface area contributed by atoms with Crippen molar-refractivity contribution in [1.29, 1.82) is 0 Å². The van der Waals surface area contributed by atoms with Crippen LogP contribution in [0, 0.1) is 0 Å². The van der Waals surface area contributed by atoms with E-state index in [1.54, 1.807) is 0 Å². The lowest BCUT2D eigenvalue weighted by molar-refractivity contribution is 0.108. The van der Waals surface area contributed by atoms with Crippen LogP contribution >= 0.6 is 27.5 Å². The second-order valence-corrected chi connectivity index (χ2v) is 9.19. The van der Waals surface area contributed by atoms with E-state index in [2.05, 4.69) is 37.3 Å². The molecule has 0 unspecified atom stereocenters. The molecular weight excluding hydrogens is 444 g/mol. The van der Waals surface area contributed by atoms with E-state index in [4.69, 9.17) is 26.1 Å². The van der Waals surface area contributed by atoms with Crippen LogP contribution in [-0.4, -0.2) is 60.3 Å². The lowest BCUT2D eigenvalue weighted by Crippen LogP contribution is -2.43. The van der Waals surface area contributed by atoms with E-state index in [9.17, 15) is 0 Å². The quantitative estimate of drug-likeness (QED) is 0.638. The minimum atomic E-state index is 0.0459. The Morgan fingerprint density at radius 2 is 2.25 bits per heavy atom. The van der Waals surface area contributed by atoms with E-state index in [0.29, 0.717) is 36.5 Å². The summed E-state index contributed by atoms with van der Waals surface area (Å²) < 4.78 is 12.9. The lowest BCUT2D eigenvalue weighted by Gasteiger charge is -2.31. The molecule has 6 nitrogen and oxygen atoms in total. The third-order valence-corrected chi connectivity index (χ3v) is 7.26. The van der Waals surface area contributed by atoms with Gasteiger partial charge in [0.1, 0.15) is 19.0 Å². The smallest absolute Gasteiger partial charge is 0.319 e. The number of hydrogen-bond donors (Lipinski definition) is 0. The second kappa shape index (κ2) is 6.75. The lowest BCUT2D eigenvalue weighted by atomic mass is 9.94. The minimum absolute atomic E-state index is 0.0459. The van der Waals surface area contributed by atoms with Crippen molar-refractivity contribution in [2.75, 3.05) is 44.8 Å². The minimum Gasteiger partial charge on any atom is -0.489 e. The zero-order valence-electron chi connectivity index (χ0n) is 15.8. The molecule has 0 saturated carbocycles. The monoisotopic (exact) mass is 464 g/mol. The first-order valence-corrected chi connectivity index (χ1v) is 10.7. The number of hydrogen-bond acceptors (Lipinski definition) is 6. The van der Waals surface area contributed by atoms with Crippen LogP contribution in [-0.2, 0) is 0 Å². The Balaban J connectivity index is 1.53. The fourth-order valence-corrected chi connectivity index (χ4v) is 5.28. The topological polar surface area (TPSA) is 50.7 Å². The van der Waals surface area contributed by atoms with Gasteiger partial charge < -0.3 is 14.4 Å². The standard InChI is InChI=1S/C20H22BrClN4O2/c1-12-9-20(4-3-5-26(20)10-12)11-28-19-23-14-8-13(21)16(22)17-15(14)18(24-19)25(2)6-7-27-17/h8H,1,3-7,9-11H2,2H3/t20-/m0/s1. The molecule has 4 heterocycles. The number of aromatic nitrogens is 2. The van der Waals surface area contributed by atoms with Crippen molar-refractivity contribution in [2.45, 2.75) is 24.8 Å². The molecule has 2 saturated heterocycles. The molecule has 0 radical (unpaired) electrons. The summed E-state index contributed by atoms with van der Waals surface area (Å²) in [6.07, 6.45) is 3.33. The molecule has 5 rings (SSSR count). The molecule has 148 valence electrons. The summed E-state index contributed by atoms with van der Waals surface area (Å²) in [6.45, 7) is 8.11. The molecule has 28 heavy (non-hydrogen) atoms. The summed E-state index contributed by atoms with van der Waals surface area (Å²) >= 11 is 9.98. The van der Waals surface area contributed by atoms with Gasteiger partial charge in [0.2, 0.25) is 0 Å². The van der Waals surface area contributed by atoms with E-state index in [1.165, 1.54) is 12.0 Å². The summed E-state index contributed by atoms with van der Waals surface area (Å²) in [5.41, 5.74) is 2.09. The molecule has 3 aliphatic rings. The number of nitrogens with zero attached hydrogens (tertiary/aromatic N) is 4. The Kier molecular flexibility index (Phi) is 4.45. The molecule has 2 aromatic rings. The van der Waals surface area contributed by atoms with Gasteiger partial charge >= 0.3 is 6.01 Å². The van der Waals surface area contributed by atoms with Crippen molar-refractivity contribution < 1.29 is 9.47 Å². The third kappa shape index (κ3) is 2.86. The molecular formula is C20H22BrClN4O2. The van der Waals surface area contributed by atoms with Gasteiger partial charge in [-0.3, -0.25) is 4.90 Å². The average molecular weight is 466 g/mol. The Bertz CT molecular complexity index is 985. The second-order valence-electron chi connectivity index (χ2n) is 7.96. The van der Waals surface area contributed by atoms with Crippen molar-refractivity contribution >= 4 is 44.3 Å². The summed E-state index contributed by atoms with van der Waals surface area (Å²) in [5, 5.41) is 1.38. The summed E-state index contributed by atoms with van der Waals surface area (Å²) in [4.78, 5) is 14.0. The van der Waals surface area contributed by atoms with Crippen molar-refractivity contribution in [3.63, 3.8) is 0 Å². The van der Waals surface area contributed by atoms with Crippen LogP contribution in [0.5, 0.6) is 11.8 Å². The normalized spacial score (nSPS) is 24.4. The van der Waals surface area contributed by atoms with Gasteiger partial charge in [0.15, 0.2) is 5.75 Å². The van der Waals surface area contributed by atoms with Gasteiger partial charge in [0.05, 0.1) is 28.0 Å². The van der Waals surface area contributed by atoms with Crippen LogP contribution in [0.1, 0.15) is 19.3 Å². The zero-order valence-corrected chi connectivity index (χ0v) is 18.1. The number of rotatable bonds is 3. The van der Waals surface area contributed by atoms with Crippen LogP contribution in [0.2, 0.25) is 5.02 Å². The van der Waals surface area contributed by atoms with Crippen molar-refractivity contribution in [3.8, 4) is 11.8 Å². The predicted molar refractivity (Wildman–Crippen MR) is 114 cm³/mol. The van der Waals surface area contributed by atoms with Crippen LogP contribution in [0.3, 0.4) is 0 Å². The molecule has 8 heteroatoms. The Labute approximate surface area is 177 Å². The molecule has 0 bridgehead atoms. The Hall–Kier alpha value is -1.57. The maximum atomic E-state index is 6.47. The molecule has 0 amide bonds. The van der Waals surface area contributed by atoms with Crippen LogP contribution in [0.4, 0.5) is 5.82 Å². The summed E-state index contributed by atoms with van der Waals surface area (Å²) in [7, 11) is 2.00. The van der Waals surface area contributed by atoms with Gasteiger partial charge in [-0.15, -0.1) is 0 Å². The first-order valence-electron chi connectivity index (χ1n) is 9.55. The van der Waals surface area contributed by atoms with Gasteiger partial charge in [-0.05, 0) is 47.8 Å². The molecule has 2 fully saturated rings. The third-order valence-electron chi connectivity index (χ3n) is 6.04. The van der Waals surface area contributed by atoms with Crippen molar-refractivity contribution in [2.24, 2.45) is 0 Å². The number of fused-ring (bicyclic) bond motifs is 1. The molecule has 0 N–H and O–H groups in total. The summed E-state index contributed by atoms with van der Waals surface area (Å²) in [6, 6.07) is 2.30. The van der Waals surface area contributed by atoms with Crippen molar-refractivity contribution in [3.05, 3.63) is 27.7 Å². The highest BCUT2D eigenvalue weighted by Crippen LogP contribution is 2.44. The van der Waals surface area contributed by atoms with Crippen LogP contribution in [0.25, 0.3) is 10.9 Å². The van der Waals surface area contributed by atoms with E-state index < -0.39 is 0 Å². The first kappa shape index (κ1) is 18.5. The highest BCUT2D eigenvalue weighted by atomic mass is 79.9. The number of benzene rings is 1. The molecule has 3 aliphatic heterocycles. The van der Waals surface area contributed by atoms with Gasteiger partial charge in [0.25, 0.3) is 0 Å². The molecule has 0 spiro atoms. The molecule has 1 aromatic carbocycles. The highest BCUT2D eigenvalue weighted by molar-refractivity contribution is 9.10. The van der Waals surface area contributed by atoms with Gasteiger partial charge in [0, 0.05) is 18.1 Å². The van der Waals surface area contributed by atoms with E-state index in [0.717, 1.165) is 47.1 Å². The Morgan fingerprint density at radius 3 is 3.11 bits per heavy atom. The number of halogens is 2. The van der Waals surface area contributed by atoms with Gasteiger partial charge in [-0.2, -0.15) is 9.97 Å².